The van der Waals surface area contributed by atoms with Crippen molar-refractivity contribution in [2.45, 2.75) is 12.8 Å². The van der Waals surface area contributed by atoms with Crippen LogP contribution in [0.5, 0.6) is 5.75 Å². The van der Waals surface area contributed by atoms with Crippen molar-refractivity contribution in [2.24, 2.45) is 5.92 Å². The second kappa shape index (κ2) is 4.49. The van der Waals surface area contributed by atoms with E-state index in [1.807, 2.05) is 18.2 Å². The first-order valence-electron chi connectivity index (χ1n) is 4.85. The standard InChI is InChI=1S/C11H12BrNOS/c1-14-8-4-5-9(12)10(6-8)13-11(15)7-2-3-7/h4-7H,2-3H2,1H3,(H,13,15). The van der Waals surface area contributed by atoms with Gasteiger partial charge in [-0.15, -0.1) is 0 Å². The third-order valence-electron chi connectivity index (χ3n) is 2.38. The number of thiocarbonyl (C=S) groups is 1. The van der Waals surface area contributed by atoms with Crippen molar-refractivity contribution < 1.29 is 4.74 Å². The van der Waals surface area contributed by atoms with E-state index in [0.717, 1.165) is 20.9 Å². The van der Waals surface area contributed by atoms with Gasteiger partial charge in [-0.1, -0.05) is 12.2 Å². The quantitative estimate of drug-likeness (QED) is 0.858. The van der Waals surface area contributed by atoms with Crippen LogP contribution in [-0.2, 0) is 0 Å². The van der Waals surface area contributed by atoms with E-state index in [1.54, 1.807) is 7.11 Å². The lowest BCUT2D eigenvalue weighted by molar-refractivity contribution is 0.415. The maximum absolute atomic E-state index is 5.29. The van der Waals surface area contributed by atoms with Gasteiger partial charge in [0.15, 0.2) is 0 Å². The Kier molecular flexibility index (Phi) is 3.26. The van der Waals surface area contributed by atoms with E-state index in [-0.39, 0.29) is 0 Å². The van der Waals surface area contributed by atoms with Crippen molar-refractivity contribution in [2.75, 3.05) is 12.4 Å². The SMILES string of the molecule is COc1ccc(Br)c(NC(=S)C2CC2)c1. The molecule has 0 aromatic heterocycles. The van der Waals surface area contributed by atoms with E-state index in [0.29, 0.717) is 5.92 Å². The van der Waals surface area contributed by atoms with Crippen LogP contribution in [0.15, 0.2) is 22.7 Å². The summed E-state index contributed by atoms with van der Waals surface area (Å²) in [6.07, 6.45) is 2.43. The molecule has 0 heterocycles. The molecule has 0 unspecified atom stereocenters. The second-order valence-corrected chi connectivity index (χ2v) is 4.90. The number of hydrogen-bond donors (Lipinski definition) is 1. The summed E-state index contributed by atoms with van der Waals surface area (Å²) in [7, 11) is 1.66. The van der Waals surface area contributed by atoms with Crippen molar-refractivity contribution in [3.63, 3.8) is 0 Å². The molecule has 2 nitrogen and oxygen atoms in total. The minimum Gasteiger partial charge on any atom is -0.497 e. The van der Waals surface area contributed by atoms with Crippen LogP contribution in [0.3, 0.4) is 0 Å². The van der Waals surface area contributed by atoms with E-state index >= 15 is 0 Å². The number of methoxy groups -OCH3 is 1. The molecular formula is C11H12BrNOS. The van der Waals surface area contributed by atoms with E-state index in [4.69, 9.17) is 17.0 Å². The Morgan fingerprint density at radius 3 is 2.87 bits per heavy atom. The second-order valence-electron chi connectivity index (χ2n) is 3.61. The number of halogens is 1. The van der Waals surface area contributed by atoms with Gasteiger partial charge in [0.1, 0.15) is 5.75 Å². The van der Waals surface area contributed by atoms with Crippen LogP contribution in [0.25, 0.3) is 0 Å². The zero-order valence-corrected chi connectivity index (χ0v) is 10.8. The normalized spacial score (nSPS) is 14.8. The average Bonchev–Trinajstić information content (AvgIpc) is 3.04. The summed E-state index contributed by atoms with van der Waals surface area (Å²) in [5.41, 5.74) is 0.978. The van der Waals surface area contributed by atoms with E-state index in [2.05, 4.69) is 21.2 Å². The van der Waals surface area contributed by atoms with Gasteiger partial charge in [-0.25, -0.2) is 0 Å². The van der Waals surface area contributed by atoms with Crippen LogP contribution < -0.4 is 10.1 Å². The van der Waals surface area contributed by atoms with Crippen LogP contribution in [0.4, 0.5) is 5.69 Å². The van der Waals surface area contributed by atoms with Crippen LogP contribution in [-0.4, -0.2) is 12.1 Å². The maximum Gasteiger partial charge on any atom is 0.121 e. The summed E-state index contributed by atoms with van der Waals surface area (Å²) in [4.78, 5) is 0.934. The van der Waals surface area contributed by atoms with Gasteiger partial charge < -0.3 is 10.1 Å². The fourth-order valence-corrected chi connectivity index (χ4v) is 2.00. The predicted octanol–water partition coefficient (Wildman–Crippen LogP) is 3.61. The largest absolute Gasteiger partial charge is 0.497 e. The van der Waals surface area contributed by atoms with Gasteiger partial charge in [-0.2, -0.15) is 0 Å². The maximum atomic E-state index is 5.29. The number of rotatable bonds is 3. The van der Waals surface area contributed by atoms with Crippen molar-refractivity contribution >= 4 is 38.8 Å². The van der Waals surface area contributed by atoms with E-state index in [1.165, 1.54) is 12.8 Å². The van der Waals surface area contributed by atoms with Crippen molar-refractivity contribution in [1.29, 1.82) is 0 Å². The molecule has 1 aromatic carbocycles. The highest BCUT2D eigenvalue weighted by Gasteiger charge is 2.26. The van der Waals surface area contributed by atoms with E-state index < -0.39 is 0 Å². The predicted molar refractivity (Wildman–Crippen MR) is 69.6 cm³/mol. The molecule has 1 aliphatic carbocycles. The van der Waals surface area contributed by atoms with Crippen LogP contribution in [0.1, 0.15) is 12.8 Å². The lowest BCUT2D eigenvalue weighted by Gasteiger charge is -2.10. The summed E-state index contributed by atoms with van der Waals surface area (Å²) in [5, 5.41) is 3.25. The Bertz CT molecular complexity index is 390. The molecule has 0 aliphatic heterocycles. The minimum absolute atomic E-state index is 0.582. The Labute approximate surface area is 103 Å². The topological polar surface area (TPSA) is 21.3 Å². The number of hydrogen-bond acceptors (Lipinski definition) is 2. The van der Waals surface area contributed by atoms with Gasteiger partial charge in [0.25, 0.3) is 0 Å². The molecule has 1 aromatic rings. The molecule has 1 saturated carbocycles. The molecule has 1 aliphatic rings. The Morgan fingerprint density at radius 1 is 1.53 bits per heavy atom. The lowest BCUT2D eigenvalue weighted by Crippen LogP contribution is -2.11. The molecule has 15 heavy (non-hydrogen) atoms. The average molecular weight is 286 g/mol. The van der Waals surface area contributed by atoms with Gasteiger partial charge in [0.2, 0.25) is 0 Å². The van der Waals surface area contributed by atoms with Gasteiger partial charge in [-0.3, -0.25) is 0 Å². The number of ether oxygens (including phenoxy) is 1. The molecule has 1 N–H and O–H groups in total. The Balaban J connectivity index is 2.14. The number of benzene rings is 1. The van der Waals surface area contributed by atoms with Gasteiger partial charge in [-0.05, 0) is 40.9 Å². The highest BCUT2D eigenvalue weighted by Crippen LogP contribution is 2.33. The van der Waals surface area contributed by atoms with Crippen molar-refractivity contribution in [1.82, 2.24) is 0 Å². The molecule has 0 radical (unpaired) electrons. The fraction of sp³-hybridized carbons (Fsp3) is 0.364. The van der Waals surface area contributed by atoms with E-state index in [9.17, 15) is 0 Å². The van der Waals surface area contributed by atoms with Gasteiger partial charge >= 0.3 is 0 Å². The zero-order valence-electron chi connectivity index (χ0n) is 8.42. The first-order chi connectivity index (χ1) is 7.20. The summed E-state index contributed by atoms with van der Waals surface area (Å²) in [6, 6.07) is 5.81. The summed E-state index contributed by atoms with van der Waals surface area (Å²) in [6.45, 7) is 0. The van der Waals surface area contributed by atoms with Crippen molar-refractivity contribution in [3.8, 4) is 5.75 Å². The number of nitrogens with one attached hydrogen (secondary N) is 1. The molecule has 0 bridgehead atoms. The number of anilines is 1. The fourth-order valence-electron chi connectivity index (χ4n) is 1.31. The Hall–Kier alpha value is -0.610. The first kappa shape index (κ1) is 10.9. The van der Waals surface area contributed by atoms with Crippen LogP contribution >= 0.6 is 28.1 Å². The third-order valence-corrected chi connectivity index (χ3v) is 3.51. The first-order valence-corrected chi connectivity index (χ1v) is 6.05. The van der Waals surface area contributed by atoms with Crippen LogP contribution in [0, 0.1) is 5.92 Å². The van der Waals surface area contributed by atoms with Gasteiger partial charge in [0, 0.05) is 16.5 Å². The van der Waals surface area contributed by atoms with Crippen LogP contribution in [0.2, 0.25) is 0 Å². The molecule has 1 fully saturated rings. The highest BCUT2D eigenvalue weighted by molar-refractivity contribution is 9.10. The minimum atomic E-state index is 0.582. The summed E-state index contributed by atoms with van der Waals surface area (Å²) in [5.74, 6) is 1.41. The molecule has 0 spiro atoms. The summed E-state index contributed by atoms with van der Waals surface area (Å²) < 4.78 is 6.17. The smallest absolute Gasteiger partial charge is 0.121 e. The molecule has 0 atom stereocenters. The highest BCUT2D eigenvalue weighted by atomic mass is 79.9. The lowest BCUT2D eigenvalue weighted by atomic mass is 10.3. The molecule has 0 amide bonds. The molecule has 2 rings (SSSR count). The molecule has 80 valence electrons. The monoisotopic (exact) mass is 285 g/mol. The molecule has 4 heteroatoms. The Morgan fingerprint density at radius 2 is 2.27 bits per heavy atom. The zero-order chi connectivity index (χ0) is 10.8. The molecular weight excluding hydrogens is 274 g/mol. The molecule has 0 saturated heterocycles. The van der Waals surface area contributed by atoms with Gasteiger partial charge in [0.05, 0.1) is 17.8 Å². The summed E-state index contributed by atoms with van der Waals surface area (Å²) >= 11 is 8.77. The third kappa shape index (κ3) is 2.69. The van der Waals surface area contributed by atoms with Crippen molar-refractivity contribution in [3.05, 3.63) is 22.7 Å².